The molecular weight excluding hydrogens is 166 g/mol. The zero-order chi connectivity index (χ0) is 10.0. The summed E-state index contributed by atoms with van der Waals surface area (Å²) in [7, 11) is 0. The highest BCUT2D eigenvalue weighted by molar-refractivity contribution is 5.71. The monoisotopic (exact) mass is 181 g/mol. The molecule has 0 aromatic heterocycles. The van der Waals surface area contributed by atoms with Gasteiger partial charge in [-0.05, 0) is 11.5 Å². The first kappa shape index (κ1) is 9.84. The van der Waals surface area contributed by atoms with Gasteiger partial charge in [-0.25, -0.2) is 4.79 Å². The first-order valence-electron chi connectivity index (χ1n) is 4.34. The van der Waals surface area contributed by atoms with Crippen LogP contribution in [0, 0.1) is 5.92 Å². The lowest BCUT2D eigenvalue weighted by molar-refractivity contribution is 0.107. The number of nitrogens with one attached hydrogen (secondary N) is 1. The fraction of sp³-hybridized carbons (Fsp3) is 0.500. The summed E-state index contributed by atoms with van der Waals surface area (Å²) in [4.78, 5) is 11.0. The summed E-state index contributed by atoms with van der Waals surface area (Å²) in [5.74, 6) is 0.278. The maximum Gasteiger partial charge on any atom is 0.408 e. The molecule has 1 aliphatic rings. The number of amides is 1. The van der Waals surface area contributed by atoms with Crippen molar-refractivity contribution in [1.29, 1.82) is 0 Å². The molecule has 1 fully saturated rings. The van der Waals surface area contributed by atoms with Crippen LogP contribution >= 0.6 is 0 Å². The average molecular weight is 181 g/mol. The molecule has 2 atom stereocenters. The molecule has 1 aliphatic heterocycles. The van der Waals surface area contributed by atoms with E-state index >= 15 is 0 Å². The Kier molecular flexibility index (Phi) is 2.76. The molecule has 3 nitrogen and oxygen atoms in total. The lowest BCUT2D eigenvalue weighted by Crippen LogP contribution is -2.35. The van der Waals surface area contributed by atoms with Crippen LogP contribution in [0.2, 0.25) is 0 Å². The van der Waals surface area contributed by atoms with E-state index in [1.807, 2.05) is 13.8 Å². The van der Waals surface area contributed by atoms with Crippen molar-refractivity contribution in [2.75, 3.05) is 0 Å². The van der Waals surface area contributed by atoms with Crippen LogP contribution in [0.1, 0.15) is 13.8 Å². The molecule has 0 bridgehead atoms. The minimum Gasteiger partial charge on any atom is -0.443 e. The Labute approximate surface area is 78.5 Å². The smallest absolute Gasteiger partial charge is 0.408 e. The van der Waals surface area contributed by atoms with Gasteiger partial charge in [0.25, 0.3) is 0 Å². The Morgan fingerprint density at radius 1 is 1.69 bits per heavy atom. The van der Waals surface area contributed by atoms with E-state index in [9.17, 15) is 4.79 Å². The van der Waals surface area contributed by atoms with Crippen LogP contribution in [-0.2, 0) is 4.74 Å². The molecule has 1 N–H and O–H groups in total. The molecular formula is C10H15NO2. The quantitative estimate of drug-likeness (QED) is 0.675. The molecule has 0 spiro atoms. The summed E-state index contributed by atoms with van der Waals surface area (Å²) < 4.78 is 5.10. The van der Waals surface area contributed by atoms with Gasteiger partial charge in [0.1, 0.15) is 6.10 Å². The van der Waals surface area contributed by atoms with Gasteiger partial charge in [-0.2, -0.15) is 0 Å². The number of carbonyl (C=O) groups excluding carboxylic acids is 1. The van der Waals surface area contributed by atoms with E-state index < -0.39 is 0 Å². The van der Waals surface area contributed by atoms with Crippen LogP contribution in [0.5, 0.6) is 0 Å². The standard InChI is InChI=1S/C10H15NO2/c1-5-7(4)8-9(6(2)3)13-10(12)11-8/h5-6,8-9H,1,4H2,2-3H3,(H,11,12)/t8-,9+/m0/s1. The zero-order valence-corrected chi connectivity index (χ0v) is 8.04. The van der Waals surface area contributed by atoms with E-state index in [1.54, 1.807) is 6.08 Å². The number of cyclic esters (lactones) is 1. The van der Waals surface area contributed by atoms with Crippen molar-refractivity contribution in [3.05, 3.63) is 24.8 Å². The van der Waals surface area contributed by atoms with Crippen LogP contribution in [0.15, 0.2) is 24.8 Å². The number of alkyl carbamates (subject to hydrolysis) is 1. The third-order valence-corrected chi connectivity index (χ3v) is 2.16. The van der Waals surface area contributed by atoms with Gasteiger partial charge in [0.2, 0.25) is 0 Å². The number of carbonyl (C=O) groups is 1. The summed E-state index contributed by atoms with van der Waals surface area (Å²) >= 11 is 0. The van der Waals surface area contributed by atoms with E-state index in [2.05, 4.69) is 18.5 Å². The molecule has 1 rings (SSSR count). The summed E-state index contributed by atoms with van der Waals surface area (Å²) in [5.41, 5.74) is 0.796. The first-order valence-corrected chi connectivity index (χ1v) is 4.34. The second-order valence-electron chi connectivity index (χ2n) is 3.51. The Morgan fingerprint density at radius 2 is 2.31 bits per heavy atom. The summed E-state index contributed by atoms with van der Waals surface area (Å²) in [6.07, 6.45) is 1.15. The third kappa shape index (κ3) is 1.91. The fourth-order valence-electron chi connectivity index (χ4n) is 1.39. The Bertz CT molecular complexity index is 245. The normalized spacial score (nSPS) is 26.8. The van der Waals surface area contributed by atoms with Crippen molar-refractivity contribution in [2.45, 2.75) is 26.0 Å². The van der Waals surface area contributed by atoms with Gasteiger partial charge in [0, 0.05) is 0 Å². The number of rotatable bonds is 3. The van der Waals surface area contributed by atoms with Crippen molar-refractivity contribution in [3.8, 4) is 0 Å². The summed E-state index contributed by atoms with van der Waals surface area (Å²) in [6, 6.07) is -0.120. The summed E-state index contributed by atoms with van der Waals surface area (Å²) in [6.45, 7) is 11.4. The first-order chi connectivity index (χ1) is 6.06. The van der Waals surface area contributed by atoms with Crippen molar-refractivity contribution in [1.82, 2.24) is 5.32 Å². The predicted octanol–water partition coefficient (Wildman–Crippen LogP) is 1.86. The van der Waals surface area contributed by atoms with Crippen molar-refractivity contribution >= 4 is 6.09 Å². The minimum atomic E-state index is -0.369. The van der Waals surface area contributed by atoms with Crippen molar-refractivity contribution < 1.29 is 9.53 Å². The van der Waals surface area contributed by atoms with Gasteiger partial charge in [-0.3, -0.25) is 0 Å². The number of hydrogen-bond donors (Lipinski definition) is 1. The maximum atomic E-state index is 11.0. The van der Waals surface area contributed by atoms with E-state index in [0.29, 0.717) is 0 Å². The van der Waals surface area contributed by atoms with Crippen molar-refractivity contribution in [2.24, 2.45) is 5.92 Å². The molecule has 0 aromatic rings. The second-order valence-corrected chi connectivity index (χ2v) is 3.51. The van der Waals surface area contributed by atoms with Gasteiger partial charge in [0.05, 0.1) is 6.04 Å². The highest BCUT2D eigenvalue weighted by atomic mass is 16.6. The Morgan fingerprint density at radius 3 is 2.77 bits per heavy atom. The van der Waals surface area contributed by atoms with Gasteiger partial charge in [-0.1, -0.05) is 33.1 Å². The molecule has 72 valence electrons. The van der Waals surface area contributed by atoms with Crippen LogP contribution in [0.4, 0.5) is 4.79 Å². The van der Waals surface area contributed by atoms with E-state index in [4.69, 9.17) is 4.74 Å². The number of hydrogen-bond acceptors (Lipinski definition) is 2. The average Bonchev–Trinajstić information content (AvgIpc) is 2.46. The second kappa shape index (κ2) is 3.64. The SMILES string of the molecule is C=CC(=C)[C@@H]1NC(=O)O[C@@H]1C(C)C. The van der Waals surface area contributed by atoms with Crippen LogP contribution < -0.4 is 5.32 Å². The summed E-state index contributed by atoms with van der Waals surface area (Å²) in [5, 5.41) is 2.70. The lowest BCUT2D eigenvalue weighted by Gasteiger charge is -2.20. The molecule has 0 radical (unpaired) electrons. The van der Waals surface area contributed by atoms with Crippen molar-refractivity contribution in [3.63, 3.8) is 0 Å². The lowest BCUT2D eigenvalue weighted by atomic mass is 9.95. The molecule has 13 heavy (non-hydrogen) atoms. The molecule has 0 aromatic carbocycles. The predicted molar refractivity (Wildman–Crippen MR) is 51.4 cm³/mol. The van der Waals surface area contributed by atoms with Gasteiger partial charge in [0.15, 0.2) is 0 Å². The van der Waals surface area contributed by atoms with E-state index in [1.165, 1.54) is 0 Å². The van der Waals surface area contributed by atoms with Gasteiger partial charge >= 0.3 is 6.09 Å². The molecule has 3 heteroatoms. The minimum absolute atomic E-state index is 0.120. The highest BCUT2D eigenvalue weighted by Gasteiger charge is 2.36. The topological polar surface area (TPSA) is 38.3 Å². The van der Waals surface area contributed by atoms with Crippen LogP contribution in [0.25, 0.3) is 0 Å². The number of ether oxygens (including phenoxy) is 1. The van der Waals surface area contributed by atoms with E-state index in [-0.39, 0.29) is 24.2 Å². The maximum absolute atomic E-state index is 11.0. The molecule has 1 heterocycles. The third-order valence-electron chi connectivity index (χ3n) is 2.16. The highest BCUT2D eigenvalue weighted by Crippen LogP contribution is 2.21. The molecule has 0 aliphatic carbocycles. The van der Waals surface area contributed by atoms with Gasteiger partial charge in [-0.15, -0.1) is 0 Å². The zero-order valence-electron chi connectivity index (χ0n) is 8.04. The Hall–Kier alpha value is -1.25. The Balaban J connectivity index is 2.77. The molecule has 0 saturated carbocycles. The fourth-order valence-corrected chi connectivity index (χ4v) is 1.39. The molecule has 1 saturated heterocycles. The molecule has 1 amide bonds. The van der Waals surface area contributed by atoms with Gasteiger partial charge < -0.3 is 10.1 Å². The van der Waals surface area contributed by atoms with Crippen LogP contribution in [-0.4, -0.2) is 18.2 Å². The molecule has 0 unspecified atom stereocenters. The van der Waals surface area contributed by atoms with E-state index in [0.717, 1.165) is 5.57 Å². The largest absolute Gasteiger partial charge is 0.443 e. The van der Waals surface area contributed by atoms with Crippen LogP contribution in [0.3, 0.4) is 0 Å².